The molecule has 0 saturated carbocycles. The molecule has 1 aromatic rings. The molecule has 2 rings (SSSR count). The van der Waals surface area contributed by atoms with E-state index in [1.165, 1.54) is 12.1 Å². The van der Waals surface area contributed by atoms with Crippen molar-refractivity contribution in [1.82, 2.24) is 5.32 Å². The van der Waals surface area contributed by atoms with Crippen LogP contribution >= 0.6 is 0 Å². The average molecular weight is 283 g/mol. The van der Waals surface area contributed by atoms with E-state index in [4.69, 9.17) is 4.74 Å². The number of rotatable bonds is 4. The van der Waals surface area contributed by atoms with Gasteiger partial charge in [0.25, 0.3) is 0 Å². The van der Waals surface area contributed by atoms with Crippen LogP contribution in [0.1, 0.15) is 31.2 Å². The van der Waals surface area contributed by atoms with Gasteiger partial charge in [0, 0.05) is 37.8 Å². The topological polar surface area (TPSA) is 38.3 Å². The van der Waals surface area contributed by atoms with E-state index in [1.807, 2.05) is 0 Å². The van der Waals surface area contributed by atoms with E-state index in [0.717, 1.165) is 31.9 Å². The largest absolute Gasteiger partial charge is 0.381 e. The molecule has 1 atom stereocenters. The van der Waals surface area contributed by atoms with Gasteiger partial charge in [0.15, 0.2) is 0 Å². The summed E-state index contributed by atoms with van der Waals surface area (Å²) >= 11 is 0. The Balaban J connectivity index is 1.79. The molecule has 1 unspecified atom stereocenters. The van der Waals surface area contributed by atoms with Gasteiger partial charge in [-0.3, -0.25) is 4.79 Å². The van der Waals surface area contributed by atoms with Crippen LogP contribution in [0.2, 0.25) is 0 Å². The second-order valence-corrected chi connectivity index (χ2v) is 5.15. The Morgan fingerprint density at radius 3 is 3.00 bits per heavy atom. The van der Waals surface area contributed by atoms with Crippen LogP contribution in [0.25, 0.3) is 0 Å². The van der Waals surface area contributed by atoms with Crippen LogP contribution in [0.5, 0.6) is 0 Å². The molecule has 1 N–H and O–H groups in total. The first-order valence-corrected chi connectivity index (χ1v) is 6.93. The molecule has 1 fully saturated rings. The molecular weight excluding hydrogens is 264 g/mol. The first-order chi connectivity index (χ1) is 9.65. The smallest absolute Gasteiger partial charge is 0.220 e. The van der Waals surface area contributed by atoms with E-state index >= 15 is 0 Å². The third-order valence-corrected chi connectivity index (χ3v) is 3.47. The number of benzene rings is 1. The SMILES string of the molecule is O=C(CC1CCCCOC1)NCc1ccc(F)cc1F. The summed E-state index contributed by atoms with van der Waals surface area (Å²) in [5.41, 5.74) is 0.289. The van der Waals surface area contributed by atoms with Gasteiger partial charge >= 0.3 is 0 Å². The third kappa shape index (κ3) is 4.56. The van der Waals surface area contributed by atoms with Crippen molar-refractivity contribution in [3.8, 4) is 0 Å². The molecule has 0 aromatic heterocycles. The van der Waals surface area contributed by atoms with E-state index < -0.39 is 11.6 Å². The summed E-state index contributed by atoms with van der Waals surface area (Å²) in [4.78, 5) is 11.8. The Kier molecular flexibility index (Phi) is 5.47. The van der Waals surface area contributed by atoms with Gasteiger partial charge < -0.3 is 10.1 Å². The highest BCUT2D eigenvalue weighted by Crippen LogP contribution is 2.17. The fourth-order valence-electron chi connectivity index (χ4n) is 2.32. The molecular formula is C15H19F2NO2. The Labute approximate surface area is 117 Å². The summed E-state index contributed by atoms with van der Waals surface area (Å²) in [5.74, 6) is -1.14. The van der Waals surface area contributed by atoms with E-state index in [1.54, 1.807) is 0 Å². The Morgan fingerprint density at radius 1 is 1.35 bits per heavy atom. The summed E-state index contributed by atoms with van der Waals surface area (Å²) in [6.45, 7) is 1.45. The minimum Gasteiger partial charge on any atom is -0.381 e. The first kappa shape index (κ1) is 14.9. The second kappa shape index (κ2) is 7.33. The fraction of sp³-hybridized carbons (Fsp3) is 0.533. The number of carbonyl (C=O) groups is 1. The molecule has 20 heavy (non-hydrogen) atoms. The van der Waals surface area contributed by atoms with E-state index in [9.17, 15) is 13.6 Å². The molecule has 1 saturated heterocycles. The molecule has 1 heterocycles. The highest BCUT2D eigenvalue weighted by molar-refractivity contribution is 5.76. The van der Waals surface area contributed by atoms with Crippen LogP contribution in [0.15, 0.2) is 18.2 Å². The number of ether oxygens (including phenoxy) is 1. The van der Waals surface area contributed by atoms with Crippen LogP contribution in [0.4, 0.5) is 8.78 Å². The molecule has 1 amide bonds. The maximum atomic E-state index is 13.4. The highest BCUT2D eigenvalue weighted by Gasteiger charge is 2.16. The number of nitrogens with one attached hydrogen (secondary N) is 1. The maximum absolute atomic E-state index is 13.4. The van der Waals surface area contributed by atoms with Gasteiger partial charge in [-0.05, 0) is 24.8 Å². The predicted octanol–water partition coefficient (Wildman–Crippen LogP) is 2.79. The van der Waals surface area contributed by atoms with Crippen LogP contribution in [-0.2, 0) is 16.1 Å². The molecule has 0 bridgehead atoms. The van der Waals surface area contributed by atoms with E-state index in [2.05, 4.69) is 5.32 Å². The standard InChI is InChI=1S/C15H19F2NO2/c16-13-5-4-12(14(17)8-13)9-18-15(19)7-11-3-1-2-6-20-10-11/h4-5,8,11H,1-3,6-7,9-10H2,(H,18,19). The lowest BCUT2D eigenvalue weighted by atomic mass is 10.00. The second-order valence-electron chi connectivity index (χ2n) is 5.15. The normalized spacial score (nSPS) is 19.4. The Bertz CT molecular complexity index is 457. The lowest BCUT2D eigenvalue weighted by Crippen LogP contribution is -2.26. The Morgan fingerprint density at radius 2 is 2.20 bits per heavy atom. The van der Waals surface area contributed by atoms with E-state index in [0.29, 0.717) is 13.0 Å². The molecule has 0 aliphatic carbocycles. The van der Waals surface area contributed by atoms with Gasteiger partial charge in [-0.1, -0.05) is 12.5 Å². The lowest BCUT2D eigenvalue weighted by Gasteiger charge is -2.13. The van der Waals surface area contributed by atoms with Gasteiger partial charge in [-0.2, -0.15) is 0 Å². The van der Waals surface area contributed by atoms with Crippen molar-refractivity contribution in [2.75, 3.05) is 13.2 Å². The van der Waals surface area contributed by atoms with Gasteiger partial charge in [0.2, 0.25) is 5.91 Å². The van der Waals surface area contributed by atoms with Gasteiger partial charge in [-0.15, -0.1) is 0 Å². The van der Waals surface area contributed by atoms with Crippen LogP contribution in [-0.4, -0.2) is 19.1 Å². The number of hydrogen-bond donors (Lipinski definition) is 1. The van der Waals surface area contributed by atoms with Crippen LogP contribution in [0, 0.1) is 17.6 Å². The van der Waals surface area contributed by atoms with Crippen LogP contribution in [0.3, 0.4) is 0 Å². The van der Waals surface area contributed by atoms with Crippen molar-refractivity contribution in [2.24, 2.45) is 5.92 Å². The quantitative estimate of drug-likeness (QED) is 0.922. The zero-order chi connectivity index (χ0) is 14.4. The summed E-state index contributed by atoms with van der Waals surface area (Å²) in [6, 6.07) is 3.35. The maximum Gasteiger partial charge on any atom is 0.220 e. The van der Waals surface area contributed by atoms with Gasteiger partial charge in [0.1, 0.15) is 11.6 Å². The van der Waals surface area contributed by atoms with Crippen molar-refractivity contribution in [2.45, 2.75) is 32.2 Å². The zero-order valence-electron chi connectivity index (χ0n) is 11.3. The van der Waals surface area contributed by atoms with Crippen LogP contribution < -0.4 is 5.32 Å². The monoisotopic (exact) mass is 283 g/mol. The number of hydrogen-bond acceptors (Lipinski definition) is 2. The minimum absolute atomic E-state index is 0.0819. The molecule has 5 heteroatoms. The third-order valence-electron chi connectivity index (χ3n) is 3.47. The fourth-order valence-corrected chi connectivity index (χ4v) is 2.32. The number of amides is 1. The summed E-state index contributed by atoms with van der Waals surface area (Å²) in [7, 11) is 0. The highest BCUT2D eigenvalue weighted by atomic mass is 19.1. The minimum atomic E-state index is -0.636. The Hall–Kier alpha value is -1.49. The summed E-state index contributed by atoms with van der Waals surface area (Å²) in [6.07, 6.45) is 3.49. The molecule has 0 radical (unpaired) electrons. The molecule has 3 nitrogen and oxygen atoms in total. The van der Waals surface area contributed by atoms with Crippen molar-refractivity contribution in [3.63, 3.8) is 0 Å². The zero-order valence-corrected chi connectivity index (χ0v) is 11.3. The molecule has 0 spiro atoms. The summed E-state index contributed by atoms with van der Waals surface area (Å²) < 4.78 is 31.6. The molecule has 1 aliphatic heterocycles. The first-order valence-electron chi connectivity index (χ1n) is 6.93. The van der Waals surface area contributed by atoms with Gasteiger partial charge in [0.05, 0.1) is 0 Å². The van der Waals surface area contributed by atoms with Gasteiger partial charge in [-0.25, -0.2) is 8.78 Å². The average Bonchev–Trinajstić information content (AvgIpc) is 2.66. The molecule has 110 valence electrons. The van der Waals surface area contributed by atoms with Crippen molar-refractivity contribution >= 4 is 5.91 Å². The summed E-state index contributed by atoms with van der Waals surface area (Å²) in [5, 5.41) is 2.67. The van der Waals surface area contributed by atoms with Crippen molar-refractivity contribution in [3.05, 3.63) is 35.4 Å². The predicted molar refractivity (Wildman–Crippen MR) is 71.0 cm³/mol. The lowest BCUT2D eigenvalue weighted by molar-refractivity contribution is -0.122. The number of carbonyl (C=O) groups excluding carboxylic acids is 1. The van der Waals surface area contributed by atoms with E-state index in [-0.39, 0.29) is 23.9 Å². The van der Waals surface area contributed by atoms with Crippen molar-refractivity contribution < 1.29 is 18.3 Å². The van der Waals surface area contributed by atoms with Crippen molar-refractivity contribution in [1.29, 1.82) is 0 Å². The number of halogens is 2. The molecule has 1 aromatic carbocycles. The molecule has 1 aliphatic rings.